The molecule has 2 rings (SSSR count). The van der Waals surface area contributed by atoms with Gasteiger partial charge in [-0.15, -0.1) is 0 Å². The average Bonchev–Trinajstić information content (AvgIpc) is 2.88. The molecule has 0 amide bonds. The van der Waals surface area contributed by atoms with Gasteiger partial charge in [-0.3, -0.25) is 5.10 Å². The van der Waals surface area contributed by atoms with Gasteiger partial charge in [0, 0.05) is 11.8 Å². The van der Waals surface area contributed by atoms with Crippen molar-refractivity contribution in [1.82, 2.24) is 15.2 Å². The summed E-state index contributed by atoms with van der Waals surface area (Å²) in [5.74, 6) is 0.782. The molecule has 0 saturated carbocycles. The summed E-state index contributed by atoms with van der Waals surface area (Å²) in [5, 5.41) is 7.44. The third-order valence-corrected chi connectivity index (χ3v) is 3.99. The second-order valence-corrected chi connectivity index (χ2v) is 6.59. The summed E-state index contributed by atoms with van der Waals surface area (Å²) in [6.07, 6.45) is 1.51. The van der Waals surface area contributed by atoms with Crippen LogP contribution in [0, 0.1) is 0 Å². The third kappa shape index (κ3) is 3.81. The van der Waals surface area contributed by atoms with Gasteiger partial charge in [-0.2, -0.15) is 5.10 Å². The Kier molecular flexibility index (Phi) is 4.27. The molecule has 5 heteroatoms. The van der Waals surface area contributed by atoms with Crippen LogP contribution in [0.4, 0.5) is 0 Å². The summed E-state index contributed by atoms with van der Waals surface area (Å²) >= 11 is 1.59. The molecule has 1 unspecified atom stereocenters. The van der Waals surface area contributed by atoms with Crippen molar-refractivity contribution in [3.05, 3.63) is 41.7 Å². The number of nitrogens with one attached hydrogen (secondary N) is 1. The van der Waals surface area contributed by atoms with Gasteiger partial charge in [-0.1, -0.05) is 56.8 Å². The first-order valence-corrected chi connectivity index (χ1v) is 7.29. The van der Waals surface area contributed by atoms with E-state index in [-0.39, 0.29) is 11.5 Å². The van der Waals surface area contributed by atoms with Crippen LogP contribution >= 0.6 is 11.8 Å². The molecule has 4 nitrogen and oxygen atoms in total. The van der Waals surface area contributed by atoms with Gasteiger partial charge in [0.05, 0.1) is 0 Å². The number of aromatic amines is 1. The largest absolute Gasteiger partial charge is 0.323 e. The smallest absolute Gasteiger partial charge is 0.183 e. The number of nitrogens with two attached hydrogens (primary N) is 1. The van der Waals surface area contributed by atoms with Crippen molar-refractivity contribution in [2.24, 2.45) is 5.73 Å². The van der Waals surface area contributed by atoms with Gasteiger partial charge in [-0.05, 0) is 16.5 Å². The van der Waals surface area contributed by atoms with Crippen molar-refractivity contribution in [1.29, 1.82) is 0 Å². The first-order chi connectivity index (χ1) is 8.97. The summed E-state index contributed by atoms with van der Waals surface area (Å²) in [5.41, 5.74) is 8.84. The number of hydrogen-bond donors (Lipinski definition) is 2. The number of hydrogen-bond acceptors (Lipinski definition) is 4. The number of aromatic nitrogens is 3. The van der Waals surface area contributed by atoms with Crippen LogP contribution in [0.3, 0.4) is 0 Å². The number of benzene rings is 1. The number of thioether (sulfide) groups is 1. The van der Waals surface area contributed by atoms with E-state index in [1.54, 1.807) is 11.8 Å². The second kappa shape index (κ2) is 5.75. The molecule has 0 aliphatic heterocycles. The Hall–Kier alpha value is -1.33. The topological polar surface area (TPSA) is 67.6 Å². The first kappa shape index (κ1) is 14.1. The Bertz CT molecular complexity index is 499. The SMILES string of the molecule is CC(C)(C)c1ccc(C(N)CSc2ncn[nH]2)cc1. The third-order valence-electron chi connectivity index (χ3n) is 3.00. The monoisotopic (exact) mass is 276 g/mol. The maximum atomic E-state index is 6.19. The molecule has 0 radical (unpaired) electrons. The van der Waals surface area contributed by atoms with Crippen LogP contribution < -0.4 is 5.73 Å². The van der Waals surface area contributed by atoms with Gasteiger partial charge in [0.1, 0.15) is 6.33 Å². The Morgan fingerprint density at radius 2 is 1.95 bits per heavy atom. The molecule has 2 aromatic rings. The lowest BCUT2D eigenvalue weighted by molar-refractivity contribution is 0.589. The van der Waals surface area contributed by atoms with Crippen molar-refractivity contribution in [3.63, 3.8) is 0 Å². The lowest BCUT2D eigenvalue weighted by atomic mass is 9.86. The Balaban J connectivity index is 1.97. The standard InChI is InChI=1S/C14H20N4S/c1-14(2,3)11-6-4-10(5-7-11)12(15)8-19-13-16-9-17-18-13/h4-7,9,12H,8,15H2,1-3H3,(H,16,17,18). The molecule has 0 fully saturated rings. The molecule has 19 heavy (non-hydrogen) atoms. The quantitative estimate of drug-likeness (QED) is 0.843. The fraction of sp³-hybridized carbons (Fsp3) is 0.429. The van der Waals surface area contributed by atoms with E-state index in [1.165, 1.54) is 11.9 Å². The van der Waals surface area contributed by atoms with E-state index >= 15 is 0 Å². The highest BCUT2D eigenvalue weighted by Gasteiger charge is 2.14. The van der Waals surface area contributed by atoms with Crippen molar-refractivity contribution in [2.45, 2.75) is 37.4 Å². The number of nitrogens with zero attached hydrogens (tertiary/aromatic N) is 2. The highest BCUT2D eigenvalue weighted by atomic mass is 32.2. The molecule has 1 heterocycles. The normalized spacial score (nSPS) is 13.5. The van der Waals surface area contributed by atoms with Crippen LogP contribution in [0.25, 0.3) is 0 Å². The van der Waals surface area contributed by atoms with Crippen LogP contribution in [0.1, 0.15) is 37.9 Å². The minimum Gasteiger partial charge on any atom is -0.323 e. The molecule has 0 bridgehead atoms. The van der Waals surface area contributed by atoms with Gasteiger partial charge in [0.15, 0.2) is 5.16 Å². The molecule has 1 aromatic heterocycles. The lowest BCUT2D eigenvalue weighted by Gasteiger charge is -2.20. The summed E-state index contributed by atoms with van der Waals surface area (Å²) < 4.78 is 0. The Morgan fingerprint density at radius 3 is 2.47 bits per heavy atom. The average molecular weight is 276 g/mol. The van der Waals surface area contributed by atoms with Gasteiger partial charge in [0.25, 0.3) is 0 Å². The van der Waals surface area contributed by atoms with Gasteiger partial charge >= 0.3 is 0 Å². The predicted molar refractivity (Wildman–Crippen MR) is 79.2 cm³/mol. The van der Waals surface area contributed by atoms with E-state index in [9.17, 15) is 0 Å². The highest BCUT2D eigenvalue weighted by Crippen LogP contribution is 2.25. The molecule has 0 aliphatic rings. The van der Waals surface area contributed by atoms with Crippen molar-refractivity contribution in [3.8, 4) is 0 Å². The highest BCUT2D eigenvalue weighted by molar-refractivity contribution is 7.99. The number of rotatable bonds is 4. The molecule has 0 spiro atoms. The van der Waals surface area contributed by atoms with Crippen molar-refractivity contribution >= 4 is 11.8 Å². The molecule has 0 aliphatic carbocycles. The van der Waals surface area contributed by atoms with Crippen molar-refractivity contribution < 1.29 is 0 Å². The summed E-state index contributed by atoms with van der Waals surface area (Å²) in [6, 6.07) is 8.56. The first-order valence-electron chi connectivity index (χ1n) is 6.31. The fourth-order valence-corrected chi connectivity index (χ4v) is 2.53. The van der Waals surface area contributed by atoms with Gasteiger partial charge in [-0.25, -0.2) is 4.98 Å². The molecule has 0 saturated heterocycles. The van der Waals surface area contributed by atoms with E-state index in [2.05, 4.69) is 60.2 Å². The zero-order valence-corrected chi connectivity index (χ0v) is 12.4. The van der Waals surface area contributed by atoms with Crippen molar-refractivity contribution in [2.75, 3.05) is 5.75 Å². The van der Waals surface area contributed by atoms with Crippen LogP contribution in [-0.4, -0.2) is 20.9 Å². The minimum atomic E-state index is 0.00381. The van der Waals surface area contributed by atoms with E-state index < -0.39 is 0 Å². The summed E-state index contributed by atoms with van der Waals surface area (Å²) in [4.78, 5) is 4.07. The van der Waals surface area contributed by atoms with Gasteiger partial charge in [0.2, 0.25) is 0 Å². The molecule has 1 aromatic carbocycles. The molecule has 3 N–H and O–H groups in total. The predicted octanol–water partition coefficient (Wildman–Crippen LogP) is 2.89. The second-order valence-electron chi connectivity index (χ2n) is 5.58. The number of H-pyrrole nitrogens is 1. The Morgan fingerprint density at radius 1 is 1.26 bits per heavy atom. The van der Waals surface area contributed by atoms with E-state index in [0.717, 1.165) is 16.5 Å². The van der Waals surface area contributed by atoms with E-state index in [1.807, 2.05) is 0 Å². The zero-order chi connectivity index (χ0) is 13.9. The summed E-state index contributed by atoms with van der Waals surface area (Å²) in [6.45, 7) is 6.63. The van der Waals surface area contributed by atoms with E-state index in [4.69, 9.17) is 5.73 Å². The maximum absolute atomic E-state index is 6.19. The molecular weight excluding hydrogens is 256 g/mol. The fourth-order valence-electron chi connectivity index (χ4n) is 1.76. The van der Waals surface area contributed by atoms with Crippen LogP contribution in [-0.2, 0) is 5.41 Å². The molecular formula is C14H20N4S. The van der Waals surface area contributed by atoms with Crippen LogP contribution in [0.5, 0.6) is 0 Å². The van der Waals surface area contributed by atoms with Gasteiger partial charge < -0.3 is 5.73 Å². The van der Waals surface area contributed by atoms with Crippen LogP contribution in [0.2, 0.25) is 0 Å². The molecule has 1 atom stereocenters. The minimum absolute atomic E-state index is 0.00381. The molecule has 102 valence electrons. The lowest BCUT2D eigenvalue weighted by Crippen LogP contribution is -2.15. The Labute approximate surface area is 118 Å². The van der Waals surface area contributed by atoms with Crippen LogP contribution in [0.15, 0.2) is 35.7 Å². The summed E-state index contributed by atoms with van der Waals surface area (Å²) in [7, 11) is 0. The zero-order valence-electron chi connectivity index (χ0n) is 11.6. The van der Waals surface area contributed by atoms with E-state index in [0.29, 0.717) is 0 Å². The maximum Gasteiger partial charge on any atom is 0.183 e.